The number of hydrogen-bond donors (Lipinski definition) is 1. The van der Waals surface area contributed by atoms with Gasteiger partial charge in [-0.3, -0.25) is 4.79 Å². The molecule has 1 N–H and O–H groups in total. The monoisotopic (exact) mass is 319 g/mol. The molecule has 1 aromatic rings. The smallest absolute Gasteiger partial charge is 0.219 e. The average molecular weight is 319 g/mol. The highest BCUT2D eigenvalue weighted by atomic mass is 16.5. The van der Waals surface area contributed by atoms with Gasteiger partial charge in [0.25, 0.3) is 0 Å². The van der Waals surface area contributed by atoms with Crippen molar-refractivity contribution in [1.29, 1.82) is 0 Å². The molecule has 7 heteroatoms. The molecule has 0 radical (unpaired) electrons. The summed E-state index contributed by atoms with van der Waals surface area (Å²) in [6, 6.07) is 3.82. The van der Waals surface area contributed by atoms with E-state index in [1.807, 2.05) is 17.0 Å². The van der Waals surface area contributed by atoms with Crippen molar-refractivity contribution in [2.24, 2.45) is 4.99 Å². The van der Waals surface area contributed by atoms with E-state index in [4.69, 9.17) is 9.73 Å². The van der Waals surface area contributed by atoms with Crippen LogP contribution in [-0.2, 0) is 11.3 Å². The summed E-state index contributed by atoms with van der Waals surface area (Å²) in [5.74, 6) is 1.61. The zero-order chi connectivity index (χ0) is 16.7. The third kappa shape index (κ3) is 4.84. The number of aromatic nitrogens is 1. The first kappa shape index (κ1) is 17.1. The van der Waals surface area contributed by atoms with Crippen LogP contribution >= 0.6 is 0 Å². The highest BCUT2D eigenvalue weighted by Crippen LogP contribution is 2.10. The van der Waals surface area contributed by atoms with E-state index in [9.17, 15) is 4.79 Å². The van der Waals surface area contributed by atoms with E-state index in [0.717, 1.165) is 44.2 Å². The van der Waals surface area contributed by atoms with Crippen molar-refractivity contribution in [2.45, 2.75) is 20.4 Å². The predicted octanol–water partition coefficient (Wildman–Crippen LogP) is 0.720. The quantitative estimate of drug-likeness (QED) is 0.654. The number of piperazine rings is 1. The molecule has 1 fully saturated rings. The first-order valence-corrected chi connectivity index (χ1v) is 7.91. The van der Waals surface area contributed by atoms with E-state index in [2.05, 4.69) is 22.1 Å². The number of rotatable bonds is 4. The van der Waals surface area contributed by atoms with Gasteiger partial charge in [0.2, 0.25) is 11.8 Å². The lowest BCUT2D eigenvalue weighted by atomic mass is 10.2. The Morgan fingerprint density at radius 2 is 2.04 bits per heavy atom. The lowest BCUT2D eigenvalue weighted by molar-refractivity contribution is -0.130. The van der Waals surface area contributed by atoms with Gasteiger partial charge in [-0.25, -0.2) is 9.98 Å². The maximum Gasteiger partial charge on any atom is 0.219 e. The van der Waals surface area contributed by atoms with Gasteiger partial charge in [-0.05, 0) is 18.6 Å². The highest BCUT2D eigenvalue weighted by molar-refractivity contribution is 5.80. The maximum atomic E-state index is 11.4. The Labute approximate surface area is 137 Å². The number of carbonyl (C=O) groups excluding carboxylic acids is 1. The summed E-state index contributed by atoms with van der Waals surface area (Å²) in [7, 11) is 1.61. The fourth-order valence-corrected chi connectivity index (χ4v) is 2.49. The molecule has 1 aliphatic heterocycles. The van der Waals surface area contributed by atoms with Crippen LogP contribution in [0.4, 0.5) is 0 Å². The van der Waals surface area contributed by atoms with Crippen molar-refractivity contribution in [2.75, 3.05) is 39.8 Å². The van der Waals surface area contributed by atoms with E-state index < -0.39 is 0 Å². The van der Waals surface area contributed by atoms with E-state index in [-0.39, 0.29) is 5.91 Å². The van der Waals surface area contributed by atoms with Gasteiger partial charge in [0, 0.05) is 51.9 Å². The van der Waals surface area contributed by atoms with Gasteiger partial charge < -0.3 is 19.9 Å². The van der Waals surface area contributed by atoms with Crippen LogP contribution in [0.15, 0.2) is 23.3 Å². The Balaban J connectivity index is 2.01. The number of hydrogen-bond acceptors (Lipinski definition) is 4. The SMILES string of the molecule is CCNC(=NCc1ccnc(OC)c1)N1CCN(C(C)=O)CC1. The van der Waals surface area contributed by atoms with Crippen LogP contribution < -0.4 is 10.1 Å². The third-order valence-corrected chi connectivity index (χ3v) is 3.78. The molecule has 0 aromatic carbocycles. The fourth-order valence-electron chi connectivity index (χ4n) is 2.49. The fraction of sp³-hybridized carbons (Fsp3) is 0.562. The first-order valence-electron chi connectivity index (χ1n) is 7.91. The summed E-state index contributed by atoms with van der Waals surface area (Å²) >= 11 is 0. The van der Waals surface area contributed by atoms with Gasteiger partial charge in [-0.1, -0.05) is 0 Å². The number of ether oxygens (including phenoxy) is 1. The Kier molecular flexibility index (Phi) is 6.19. The van der Waals surface area contributed by atoms with Gasteiger partial charge in [-0.15, -0.1) is 0 Å². The molecule has 1 amide bonds. The number of guanidine groups is 1. The van der Waals surface area contributed by atoms with Crippen LogP contribution in [0.1, 0.15) is 19.4 Å². The molecule has 1 aliphatic rings. The third-order valence-electron chi connectivity index (χ3n) is 3.78. The minimum Gasteiger partial charge on any atom is -0.481 e. The molecular formula is C16H25N5O2. The largest absolute Gasteiger partial charge is 0.481 e. The summed E-state index contributed by atoms with van der Waals surface area (Å²) in [6.45, 7) is 8.12. The molecule has 0 bridgehead atoms. The summed E-state index contributed by atoms with van der Waals surface area (Å²) in [5, 5.41) is 3.32. The molecular weight excluding hydrogens is 294 g/mol. The topological polar surface area (TPSA) is 70.1 Å². The van der Waals surface area contributed by atoms with Crippen LogP contribution in [0.3, 0.4) is 0 Å². The molecule has 2 heterocycles. The van der Waals surface area contributed by atoms with Crippen molar-refractivity contribution in [3.63, 3.8) is 0 Å². The van der Waals surface area contributed by atoms with Gasteiger partial charge >= 0.3 is 0 Å². The van der Waals surface area contributed by atoms with Crippen LogP contribution in [0.25, 0.3) is 0 Å². The molecule has 1 aromatic heterocycles. The lowest BCUT2D eigenvalue weighted by Crippen LogP contribution is -2.53. The Hall–Kier alpha value is -2.31. The zero-order valence-corrected chi connectivity index (χ0v) is 14.1. The molecule has 126 valence electrons. The first-order chi connectivity index (χ1) is 11.1. The average Bonchev–Trinajstić information content (AvgIpc) is 2.59. The normalized spacial score (nSPS) is 15.5. The van der Waals surface area contributed by atoms with Crippen LogP contribution in [0, 0.1) is 0 Å². The predicted molar refractivity (Wildman–Crippen MR) is 89.4 cm³/mol. The standard InChI is InChI=1S/C16H25N5O2/c1-4-17-16(21-9-7-20(8-10-21)13(2)22)19-12-14-5-6-18-15(11-14)23-3/h5-6,11H,4,7-10,12H2,1-3H3,(H,17,19). The molecule has 1 saturated heterocycles. The zero-order valence-electron chi connectivity index (χ0n) is 14.1. The van der Waals surface area contributed by atoms with Crippen molar-refractivity contribution in [3.05, 3.63) is 23.9 Å². The molecule has 23 heavy (non-hydrogen) atoms. The van der Waals surface area contributed by atoms with Gasteiger partial charge in [0.1, 0.15) is 0 Å². The number of nitrogens with zero attached hydrogens (tertiary/aromatic N) is 4. The molecule has 0 aliphatic carbocycles. The maximum absolute atomic E-state index is 11.4. The molecule has 0 unspecified atom stereocenters. The van der Waals surface area contributed by atoms with Gasteiger partial charge in [0.05, 0.1) is 13.7 Å². The summed E-state index contributed by atoms with van der Waals surface area (Å²) in [5.41, 5.74) is 1.05. The molecule has 0 atom stereocenters. The lowest BCUT2D eigenvalue weighted by Gasteiger charge is -2.36. The van der Waals surface area contributed by atoms with E-state index in [0.29, 0.717) is 12.4 Å². The van der Waals surface area contributed by atoms with Crippen molar-refractivity contribution >= 4 is 11.9 Å². The van der Waals surface area contributed by atoms with Crippen LogP contribution in [-0.4, -0.2) is 66.5 Å². The number of aliphatic imine (C=N–C) groups is 1. The van der Waals surface area contributed by atoms with E-state index >= 15 is 0 Å². The van der Waals surface area contributed by atoms with E-state index in [1.165, 1.54) is 0 Å². The minimum absolute atomic E-state index is 0.135. The second-order valence-electron chi connectivity index (χ2n) is 5.37. The van der Waals surface area contributed by atoms with Gasteiger partial charge in [0.15, 0.2) is 5.96 Å². The summed E-state index contributed by atoms with van der Waals surface area (Å²) < 4.78 is 5.14. The molecule has 2 rings (SSSR count). The number of nitrogens with one attached hydrogen (secondary N) is 1. The van der Waals surface area contributed by atoms with E-state index in [1.54, 1.807) is 20.2 Å². The molecule has 7 nitrogen and oxygen atoms in total. The van der Waals surface area contributed by atoms with Crippen molar-refractivity contribution in [1.82, 2.24) is 20.1 Å². The summed E-state index contributed by atoms with van der Waals surface area (Å²) in [4.78, 5) is 24.3. The summed E-state index contributed by atoms with van der Waals surface area (Å²) in [6.07, 6.45) is 1.72. The highest BCUT2D eigenvalue weighted by Gasteiger charge is 2.20. The number of methoxy groups -OCH3 is 1. The van der Waals surface area contributed by atoms with Crippen molar-refractivity contribution in [3.8, 4) is 5.88 Å². The Bertz CT molecular complexity index is 553. The van der Waals surface area contributed by atoms with Crippen LogP contribution in [0.5, 0.6) is 5.88 Å². The number of pyridine rings is 1. The number of amides is 1. The Morgan fingerprint density at radius 3 is 2.65 bits per heavy atom. The second kappa shape index (κ2) is 8.36. The molecule has 0 spiro atoms. The van der Waals surface area contributed by atoms with Gasteiger partial charge in [-0.2, -0.15) is 0 Å². The van der Waals surface area contributed by atoms with Crippen LogP contribution in [0.2, 0.25) is 0 Å². The second-order valence-corrected chi connectivity index (χ2v) is 5.37. The minimum atomic E-state index is 0.135. The molecule has 0 saturated carbocycles. The van der Waals surface area contributed by atoms with Crippen molar-refractivity contribution < 1.29 is 9.53 Å². The Morgan fingerprint density at radius 1 is 1.35 bits per heavy atom. The number of carbonyl (C=O) groups is 1.